The highest BCUT2D eigenvalue weighted by Crippen LogP contribution is 2.33. The van der Waals surface area contributed by atoms with Crippen LogP contribution in [-0.4, -0.2) is 12.0 Å². The van der Waals surface area contributed by atoms with Gasteiger partial charge in [-0.3, -0.25) is 4.79 Å². The van der Waals surface area contributed by atoms with Crippen molar-refractivity contribution in [2.24, 2.45) is 0 Å². The van der Waals surface area contributed by atoms with E-state index in [0.717, 1.165) is 11.3 Å². The quantitative estimate of drug-likeness (QED) is 0.739. The maximum atomic E-state index is 11.8. The van der Waals surface area contributed by atoms with Crippen molar-refractivity contribution in [1.29, 1.82) is 0 Å². The molecule has 0 saturated carbocycles. The molecule has 0 radical (unpaired) electrons. The average Bonchev–Trinajstić information content (AvgIpc) is 2.40. The van der Waals surface area contributed by atoms with Crippen molar-refractivity contribution >= 4 is 40.3 Å². The van der Waals surface area contributed by atoms with Gasteiger partial charge in [0.05, 0.1) is 10.8 Å². The highest BCUT2D eigenvalue weighted by atomic mass is 35.5. The summed E-state index contributed by atoms with van der Waals surface area (Å²) in [4.78, 5) is 11.3. The van der Waals surface area contributed by atoms with Crippen LogP contribution in [0.2, 0.25) is 8.67 Å². The average molecular weight is 277 g/mol. The van der Waals surface area contributed by atoms with Crippen LogP contribution in [0.1, 0.15) is 23.2 Å². The highest BCUT2D eigenvalue weighted by molar-refractivity contribution is 7.20. The fraction of sp³-hybridized carbons (Fsp3) is 0.375. The number of hydrogen-bond donors (Lipinski definition) is 0. The fourth-order valence-corrected chi connectivity index (χ4v) is 2.42. The van der Waals surface area contributed by atoms with Gasteiger partial charge in [-0.2, -0.15) is 13.2 Å². The minimum Gasteiger partial charge on any atom is -0.294 e. The topological polar surface area (TPSA) is 17.1 Å². The Balaban J connectivity index is 2.66. The Hall–Kier alpha value is -0.260. The zero-order chi connectivity index (χ0) is 11.6. The van der Waals surface area contributed by atoms with Crippen LogP contribution in [0.4, 0.5) is 13.2 Å². The summed E-state index contributed by atoms with van der Waals surface area (Å²) in [5.74, 6) is -0.638. The van der Waals surface area contributed by atoms with Gasteiger partial charge in [0.25, 0.3) is 0 Å². The minimum absolute atomic E-state index is 0.0657. The third kappa shape index (κ3) is 4.01. The second-order valence-corrected chi connectivity index (χ2v) is 5.06. The van der Waals surface area contributed by atoms with Gasteiger partial charge in [0.15, 0.2) is 5.78 Å². The molecule has 15 heavy (non-hydrogen) atoms. The number of carbonyl (C=O) groups is 1. The lowest BCUT2D eigenvalue weighted by molar-refractivity contribution is -0.133. The molecule has 7 heteroatoms. The highest BCUT2D eigenvalue weighted by Gasteiger charge is 2.28. The van der Waals surface area contributed by atoms with Gasteiger partial charge in [0, 0.05) is 12.0 Å². The van der Waals surface area contributed by atoms with E-state index in [1.807, 2.05) is 0 Å². The molecule has 84 valence electrons. The first-order valence-electron chi connectivity index (χ1n) is 3.84. The molecule has 1 nitrogen and oxygen atoms in total. The summed E-state index contributed by atoms with van der Waals surface area (Å²) in [5, 5.41) is 0. The van der Waals surface area contributed by atoms with Crippen LogP contribution in [0.3, 0.4) is 0 Å². The number of rotatable bonds is 3. The Labute approximate surface area is 97.8 Å². The van der Waals surface area contributed by atoms with E-state index in [0.29, 0.717) is 0 Å². The Morgan fingerprint density at radius 3 is 2.40 bits per heavy atom. The smallest absolute Gasteiger partial charge is 0.294 e. The van der Waals surface area contributed by atoms with Gasteiger partial charge in [-0.15, -0.1) is 11.3 Å². The minimum atomic E-state index is -4.33. The number of hydrogen-bond acceptors (Lipinski definition) is 2. The van der Waals surface area contributed by atoms with Gasteiger partial charge in [0.2, 0.25) is 0 Å². The van der Waals surface area contributed by atoms with Crippen molar-refractivity contribution in [2.75, 3.05) is 0 Å². The third-order valence-electron chi connectivity index (χ3n) is 1.59. The van der Waals surface area contributed by atoms with Crippen molar-refractivity contribution < 1.29 is 18.0 Å². The molecule has 0 aliphatic heterocycles. The molecule has 1 rings (SSSR count). The largest absolute Gasteiger partial charge is 0.389 e. The molecule has 0 aliphatic rings. The second-order valence-electron chi connectivity index (χ2n) is 2.78. The Bertz CT molecular complexity index is 372. The molecular formula is C8H5Cl2F3OS. The first kappa shape index (κ1) is 12.8. The van der Waals surface area contributed by atoms with Crippen LogP contribution >= 0.6 is 34.5 Å². The number of thiophene rings is 1. The van der Waals surface area contributed by atoms with E-state index < -0.39 is 24.8 Å². The van der Waals surface area contributed by atoms with Gasteiger partial charge in [-0.25, -0.2) is 0 Å². The zero-order valence-corrected chi connectivity index (χ0v) is 9.53. The van der Waals surface area contributed by atoms with Crippen molar-refractivity contribution in [3.05, 3.63) is 20.3 Å². The predicted octanol–water partition coefficient (Wildman–Crippen LogP) is 4.58. The normalized spacial score (nSPS) is 11.8. The van der Waals surface area contributed by atoms with Crippen LogP contribution in [-0.2, 0) is 0 Å². The van der Waals surface area contributed by atoms with Crippen LogP contribution in [0.5, 0.6) is 0 Å². The molecule has 1 aromatic heterocycles. The number of halogens is 5. The number of ketones is 1. The molecule has 0 fully saturated rings. The number of carbonyl (C=O) groups excluding carboxylic acids is 1. The standard InChI is InChI=1S/C8H5Cl2F3OS/c9-6-3-4(7(10)15-6)5(14)1-2-8(11,12)13/h3H,1-2H2. The Morgan fingerprint density at radius 2 is 2.00 bits per heavy atom. The van der Waals surface area contributed by atoms with Crippen LogP contribution in [0.15, 0.2) is 6.07 Å². The summed E-state index contributed by atoms with van der Waals surface area (Å²) < 4.78 is 35.9. The van der Waals surface area contributed by atoms with Gasteiger partial charge in [0.1, 0.15) is 4.34 Å². The molecular weight excluding hydrogens is 272 g/mol. The maximum absolute atomic E-state index is 11.8. The van der Waals surface area contributed by atoms with Gasteiger partial charge in [-0.1, -0.05) is 23.2 Å². The summed E-state index contributed by atoms with van der Waals surface area (Å²) in [7, 11) is 0. The molecule has 1 aromatic rings. The molecule has 0 saturated heterocycles. The molecule has 0 aromatic carbocycles. The first-order chi connectivity index (χ1) is 6.79. The zero-order valence-electron chi connectivity index (χ0n) is 7.20. The van der Waals surface area contributed by atoms with Crippen LogP contribution in [0.25, 0.3) is 0 Å². The predicted molar refractivity (Wildman–Crippen MR) is 54.0 cm³/mol. The lowest BCUT2D eigenvalue weighted by Crippen LogP contribution is -2.10. The van der Waals surface area contributed by atoms with Crippen molar-refractivity contribution in [2.45, 2.75) is 19.0 Å². The molecule has 0 spiro atoms. The molecule has 0 N–H and O–H groups in total. The molecule has 0 atom stereocenters. The van der Waals surface area contributed by atoms with E-state index in [2.05, 4.69) is 0 Å². The fourth-order valence-electron chi connectivity index (χ4n) is 0.920. The number of alkyl halides is 3. The van der Waals surface area contributed by atoms with Gasteiger partial charge < -0.3 is 0 Å². The third-order valence-corrected chi connectivity index (χ3v) is 3.08. The Kier molecular flexibility index (Phi) is 4.03. The van der Waals surface area contributed by atoms with Gasteiger partial charge >= 0.3 is 6.18 Å². The van der Waals surface area contributed by atoms with E-state index in [9.17, 15) is 18.0 Å². The lowest BCUT2D eigenvalue weighted by Gasteiger charge is -2.04. The summed E-state index contributed by atoms with van der Waals surface area (Å²) in [6.45, 7) is 0. The molecule has 0 unspecified atom stereocenters. The maximum Gasteiger partial charge on any atom is 0.389 e. The van der Waals surface area contributed by atoms with Crippen LogP contribution in [0, 0.1) is 0 Å². The van der Waals surface area contributed by atoms with E-state index in [1.165, 1.54) is 6.07 Å². The van der Waals surface area contributed by atoms with E-state index >= 15 is 0 Å². The molecule has 0 bridgehead atoms. The SMILES string of the molecule is O=C(CCC(F)(F)F)c1cc(Cl)sc1Cl. The molecule has 0 amide bonds. The lowest BCUT2D eigenvalue weighted by atomic mass is 10.1. The molecule has 1 heterocycles. The van der Waals surface area contributed by atoms with E-state index in [1.54, 1.807) is 0 Å². The van der Waals surface area contributed by atoms with Crippen LogP contribution < -0.4 is 0 Å². The Morgan fingerprint density at radius 1 is 1.40 bits per heavy atom. The molecule has 0 aliphatic carbocycles. The summed E-state index contributed by atoms with van der Waals surface area (Å²) >= 11 is 12.1. The van der Waals surface area contributed by atoms with Crippen molar-refractivity contribution in [3.8, 4) is 0 Å². The summed E-state index contributed by atoms with van der Waals surface area (Å²) in [6, 6.07) is 1.28. The monoisotopic (exact) mass is 276 g/mol. The first-order valence-corrected chi connectivity index (χ1v) is 5.41. The van der Waals surface area contributed by atoms with E-state index in [-0.39, 0.29) is 14.2 Å². The van der Waals surface area contributed by atoms with Gasteiger partial charge in [-0.05, 0) is 6.07 Å². The second kappa shape index (κ2) is 4.72. The summed E-state index contributed by atoms with van der Waals surface area (Å²) in [5.41, 5.74) is 0.0657. The number of Topliss-reactive ketones (excluding diaryl/α,β-unsaturated/α-hetero) is 1. The van der Waals surface area contributed by atoms with Crippen molar-refractivity contribution in [1.82, 2.24) is 0 Å². The van der Waals surface area contributed by atoms with E-state index in [4.69, 9.17) is 23.2 Å². The van der Waals surface area contributed by atoms with Crippen molar-refractivity contribution in [3.63, 3.8) is 0 Å². The summed E-state index contributed by atoms with van der Waals surface area (Å²) in [6.07, 6.45) is -6.08.